The van der Waals surface area contributed by atoms with Crippen LogP contribution in [0.2, 0.25) is 0 Å². The summed E-state index contributed by atoms with van der Waals surface area (Å²) in [6.07, 6.45) is 1.50. The lowest BCUT2D eigenvalue weighted by Gasteiger charge is -2.38. The highest BCUT2D eigenvalue weighted by molar-refractivity contribution is 5.81. The average molecular weight is 286 g/mol. The number of nitrogens with one attached hydrogen (secondary N) is 1. The maximum atomic E-state index is 11.6. The van der Waals surface area contributed by atoms with Crippen LogP contribution >= 0.6 is 0 Å². The third-order valence-corrected chi connectivity index (χ3v) is 4.71. The maximum absolute atomic E-state index is 11.6. The summed E-state index contributed by atoms with van der Waals surface area (Å²) in [6.45, 7) is 2.93. The molecule has 1 aliphatic heterocycles. The molecule has 0 saturated carbocycles. The van der Waals surface area contributed by atoms with Gasteiger partial charge in [0.2, 0.25) is 5.91 Å². The van der Waals surface area contributed by atoms with Crippen LogP contribution in [0.1, 0.15) is 18.5 Å². The number of nitrogens with zero attached hydrogens (tertiary/aromatic N) is 1. The molecule has 1 aromatic carbocycles. The molecule has 1 fully saturated rings. The topological polar surface area (TPSA) is 88.1 Å². The normalized spacial score (nSPS) is 18.9. The molecule has 21 heavy (non-hydrogen) atoms. The van der Waals surface area contributed by atoms with Gasteiger partial charge in [0.1, 0.15) is 0 Å². The minimum atomic E-state index is -0.503. The number of hydrogen-bond acceptors (Lipinski definition) is 3. The van der Waals surface area contributed by atoms with Gasteiger partial charge in [0, 0.05) is 24.3 Å². The number of fused-ring (bicyclic) bond motifs is 1. The van der Waals surface area contributed by atoms with Crippen molar-refractivity contribution in [3.8, 4) is 0 Å². The van der Waals surface area contributed by atoms with Crippen LogP contribution in [0.5, 0.6) is 0 Å². The Hall–Kier alpha value is -1.85. The van der Waals surface area contributed by atoms with E-state index >= 15 is 0 Å². The first-order valence-corrected chi connectivity index (χ1v) is 7.42. The van der Waals surface area contributed by atoms with Crippen molar-refractivity contribution in [2.45, 2.75) is 19.4 Å². The fourth-order valence-corrected chi connectivity index (χ4v) is 3.15. The summed E-state index contributed by atoms with van der Waals surface area (Å²) in [5.74, 6) is -0.254. The minimum Gasteiger partial charge on any atom is -0.369 e. The predicted molar refractivity (Wildman–Crippen MR) is 83.5 cm³/mol. The molecule has 5 heteroatoms. The van der Waals surface area contributed by atoms with Crippen molar-refractivity contribution in [1.82, 2.24) is 9.88 Å². The minimum absolute atomic E-state index is 0.254. The van der Waals surface area contributed by atoms with Crippen molar-refractivity contribution in [3.63, 3.8) is 0 Å². The van der Waals surface area contributed by atoms with Crippen LogP contribution in [0.25, 0.3) is 10.9 Å². The van der Waals surface area contributed by atoms with E-state index in [0.717, 1.165) is 38.0 Å². The van der Waals surface area contributed by atoms with Gasteiger partial charge >= 0.3 is 0 Å². The van der Waals surface area contributed by atoms with E-state index in [9.17, 15) is 4.79 Å². The van der Waals surface area contributed by atoms with Gasteiger partial charge < -0.3 is 16.5 Å². The number of piperidine rings is 1. The van der Waals surface area contributed by atoms with Crippen molar-refractivity contribution in [2.24, 2.45) is 16.9 Å². The van der Waals surface area contributed by atoms with E-state index in [0.29, 0.717) is 6.54 Å². The molecular formula is C16H22N4O. The van der Waals surface area contributed by atoms with E-state index in [4.69, 9.17) is 11.5 Å². The van der Waals surface area contributed by atoms with Gasteiger partial charge in [-0.15, -0.1) is 0 Å². The molecule has 5 nitrogen and oxygen atoms in total. The predicted octanol–water partition coefficient (Wildman–Crippen LogP) is 1.19. The summed E-state index contributed by atoms with van der Waals surface area (Å²) in [6, 6.07) is 10.5. The molecule has 112 valence electrons. The third kappa shape index (κ3) is 2.66. The number of amides is 1. The number of carbonyl (C=O) groups excluding carboxylic acids is 1. The van der Waals surface area contributed by atoms with Gasteiger partial charge in [-0.05, 0) is 43.5 Å². The SMILES string of the molecule is NCC1(C(N)=O)CCN(Cc2cc3ccccc3[nH]2)CC1. The molecular weight excluding hydrogens is 264 g/mol. The Balaban J connectivity index is 1.66. The lowest BCUT2D eigenvalue weighted by atomic mass is 9.78. The molecule has 3 rings (SSSR count). The van der Waals surface area contributed by atoms with Gasteiger partial charge in [-0.3, -0.25) is 9.69 Å². The van der Waals surface area contributed by atoms with E-state index in [1.807, 2.05) is 12.1 Å². The zero-order valence-electron chi connectivity index (χ0n) is 12.1. The van der Waals surface area contributed by atoms with Gasteiger partial charge in [0.05, 0.1) is 5.41 Å². The molecule has 0 aliphatic carbocycles. The summed E-state index contributed by atoms with van der Waals surface area (Å²) < 4.78 is 0. The van der Waals surface area contributed by atoms with Gasteiger partial charge in [0.25, 0.3) is 0 Å². The Morgan fingerprint density at radius 2 is 2.00 bits per heavy atom. The summed E-state index contributed by atoms with van der Waals surface area (Å²) >= 11 is 0. The third-order valence-electron chi connectivity index (χ3n) is 4.71. The van der Waals surface area contributed by atoms with Crippen molar-refractivity contribution < 1.29 is 4.79 Å². The Morgan fingerprint density at radius 1 is 1.29 bits per heavy atom. The quantitative estimate of drug-likeness (QED) is 0.789. The van der Waals surface area contributed by atoms with Gasteiger partial charge in [-0.1, -0.05) is 18.2 Å². The molecule has 0 atom stereocenters. The molecule has 0 unspecified atom stereocenters. The van der Waals surface area contributed by atoms with E-state index in [-0.39, 0.29) is 5.91 Å². The molecule has 0 spiro atoms. The van der Waals surface area contributed by atoms with Gasteiger partial charge in [0.15, 0.2) is 0 Å². The summed E-state index contributed by atoms with van der Waals surface area (Å²) in [5, 5.41) is 1.23. The number of aromatic amines is 1. The van der Waals surface area contributed by atoms with Crippen molar-refractivity contribution in [3.05, 3.63) is 36.0 Å². The summed E-state index contributed by atoms with van der Waals surface area (Å²) in [7, 11) is 0. The second-order valence-corrected chi connectivity index (χ2v) is 6.01. The zero-order valence-corrected chi connectivity index (χ0v) is 12.1. The molecule has 1 saturated heterocycles. The lowest BCUT2D eigenvalue weighted by molar-refractivity contribution is -0.129. The highest BCUT2D eigenvalue weighted by Gasteiger charge is 2.38. The van der Waals surface area contributed by atoms with Crippen LogP contribution in [0, 0.1) is 5.41 Å². The standard InChI is InChI=1S/C16H22N4O/c17-11-16(15(18)21)5-7-20(8-6-16)10-13-9-12-3-1-2-4-14(12)19-13/h1-4,9,19H,5-8,10-11,17H2,(H2,18,21). The molecule has 1 aromatic heterocycles. The largest absolute Gasteiger partial charge is 0.369 e. The number of primary amides is 1. The molecule has 2 heterocycles. The number of hydrogen-bond donors (Lipinski definition) is 3. The highest BCUT2D eigenvalue weighted by Crippen LogP contribution is 2.30. The van der Waals surface area contributed by atoms with Crippen LogP contribution in [-0.4, -0.2) is 35.4 Å². The van der Waals surface area contributed by atoms with Crippen LogP contribution < -0.4 is 11.5 Å². The first kappa shape index (κ1) is 14.1. The number of para-hydroxylation sites is 1. The molecule has 1 amide bonds. The fourth-order valence-electron chi connectivity index (χ4n) is 3.15. The number of nitrogens with two attached hydrogens (primary N) is 2. The van der Waals surface area contributed by atoms with Crippen molar-refractivity contribution >= 4 is 16.8 Å². The fraction of sp³-hybridized carbons (Fsp3) is 0.438. The number of H-pyrrole nitrogens is 1. The maximum Gasteiger partial charge on any atom is 0.225 e. The van der Waals surface area contributed by atoms with Crippen LogP contribution in [-0.2, 0) is 11.3 Å². The monoisotopic (exact) mass is 286 g/mol. The van der Waals surface area contributed by atoms with Crippen LogP contribution in [0.3, 0.4) is 0 Å². The van der Waals surface area contributed by atoms with E-state index < -0.39 is 5.41 Å². The lowest BCUT2D eigenvalue weighted by Crippen LogP contribution is -2.50. The molecule has 5 N–H and O–H groups in total. The number of aromatic nitrogens is 1. The van der Waals surface area contributed by atoms with E-state index in [1.54, 1.807) is 0 Å². The molecule has 0 radical (unpaired) electrons. The smallest absolute Gasteiger partial charge is 0.225 e. The number of benzene rings is 1. The Morgan fingerprint density at radius 3 is 2.62 bits per heavy atom. The van der Waals surface area contributed by atoms with Crippen molar-refractivity contribution in [1.29, 1.82) is 0 Å². The zero-order chi connectivity index (χ0) is 14.9. The first-order chi connectivity index (χ1) is 10.1. The number of rotatable bonds is 4. The van der Waals surface area contributed by atoms with Crippen LogP contribution in [0.4, 0.5) is 0 Å². The number of carbonyl (C=O) groups is 1. The van der Waals surface area contributed by atoms with E-state index in [1.165, 1.54) is 11.1 Å². The summed E-state index contributed by atoms with van der Waals surface area (Å²) in [5.41, 5.74) is 13.1. The first-order valence-electron chi connectivity index (χ1n) is 7.42. The number of likely N-dealkylation sites (tertiary alicyclic amines) is 1. The molecule has 0 bridgehead atoms. The Kier molecular flexibility index (Phi) is 3.69. The average Bonchev–Trinajstić information content (AvgIpc) is 2.90. The molecule has 2 aromatic rings. The van der Waals surface area contributed by atoms with Gasteiger partial charge in [-0.2, -0.15) is 0 Å². The van der Waals surface area contributed by atoms with E-state index in [2.05, 4.69) is 28.1 Å². The van der Waals surface area contributed by atoms with Crippen molar-refractivity contribution in [2.75, 3.05) is 19.6 Å². The highest BCUT2D eigenvalue weighted by atomic mass is 16.1. The summed E-state index contributed by atoms with van der Waals surface area (Å²) in [4.78, 5) is 17.4. The Bertz CT molecular complexity index is 608. The Labute approximate surface area is 124 Å². The van der Waals surface area contributed by atoms with Crippen LogP contribution in [0.15, 0.2) is 30.3 Å². The van der Waals surface area contributed by atoms with Gasteiger partial charge in [-0.25, -0.2) is 0 Å². The second-order valence-electron chi connectivity index (χ2n) is 6.01. The second kappa shape index (κ2) is 5.50. The molecule has 1 aliphatic rings.